The summed E-state index contributed by atoms with van der Waals surface area (Å²) in [5.41, 5.74) is 1.26. The molecule has 0 aliphatic rings. The standard InChI is InChI=1S/C15H22N4O/c1-4-9-16-10-13-5-7-14(8-6-13)20-11-15-18-17-12(2)19(15)3/h5-8,16H,4,9-11H2,1-3H3. The molecule has 1 aromatic carbocycles. The average molecular weight is 274 g/mol. The Morgan fingerprint density at radius 3 is 2.55 bits per heavy atom. The molecule has 5 heteroatoms. The van der Waals surface area contributed by atoms with Crippen LogP contribution in [0.2, 0.25) is 0 Å². The van der Waals surface area contributed by atoms with Gasteiger partial charge in [-0.2, -0.15) is 0 Å². The van der Waals surface area contributed by atoms with Gasteiger partial charge in [0.25, 0.3) is 0 Å². The van der Waals surface area contributed by atoms with Gasteiger partial charge in [0.05, 0.1) is 0 Å². The zero-order valence-electron chi connectivity index (χ0n) is 12.4. The molecule has 2 aromatic rings. The highest BCUT2D eigenvalue weighted by Gasteiger charge is 2.05. The molecule has 1 heterocycles. The molecule has 0 atom stereocenters. The molecule has 0 radical (unpaired) electrons. The normalized spacial score (nSPS) is 10.8. The number of benzene rings is 1. The van der Waals surface area contributed by atoms with Crippen LogP contribution in [0, 0.1) is 6.92 Å². The highest BCUT2D eigenvalue weighted by atomic mass is 16.5. The Balaban J connectivity index is 1.86. The zero-order chi connectivity index (χ0) is 14.4. The highest BCUT2D eigenvalue weighted by Crippen LogP contribution is 2.13. The van der Waals surface area contributed by atoms with Crippen molar-refractivity contribution in [2.24, 2.45) is 7.05 Å². The second-order valence-electron chi connectivity index (χ2n) is 4.83. The van der Waals surface area contributed by atoms with E-state index in [1.807, 2.05) is 30.7 Å². The smallest absolute Gasteiger partial charge is 0.170 e. The maximum Gasteiger partial charge on any atom is 0.170 e. The lowest BCUT2D eigenvalue weighted by molar-refractivity contribution is 0.291. The van der Waals surface area contributed by atoms with E-state index in [2.05, 4.69) is 34.6 Å². The Kier molecular flexibility index (Phi) is 5.12. The minimum atomic E-state index is 0.435. The first-order valence-electron chi connectivity index (χ1n) is 6.98. The molecule has 0 spiro atoms. The first-order chi connectivity index (χ1) is 9.70. The van der Waals surface area contributed by atoms with Crippen molar-refractivity contribution in [3.63, 3.8) is 0 Å². The van der Waals surface area contributed by atoms with Crippen molar-refractivity contribution in [3.8, 4) is 5.75 Å². The number of hydrogen-bond donors (Lipinski definition) is 1. The summed E-state index contributed by atoms with van der Waals surface area (Å²) in [5.74, 6) is 2.57. The molecule has 0 saturated heterocycles. The summed E-state index contributed by atoms with van der Waals surface area (Å²) in [6.07, 6.45) is 1.15. The number of nitrogens with one attached hydrogen (secondary N) is 1. The quantitative estimate of drug-likeness (QED) is 0.786. The summed E-state index contributed by atoms with van der Waals surface area (Å²) in [7, 11) is 1.94. The summed E-state index contributed by atoms with van der Waals surface area (Å²) in [5, 5.41) is 11.5. The molecule has 108 valence electrons. The molecule has 5 nitrogen and oxygen atoms in total. The van der Waals surface area contributed by atoms with Gasteiger partial charge in [0.2, 0.25) is 0 Å². The summed E-state index contributed by atoms with van der Waals surface area (Å²) in [4.78, 5) is 0. The van der Waals surface area contributed by atoms with Gasteiger partial charge in [-0.15, -0.1) is 10.2 Å². The molecule has 0 aliphatic heterocycles. The first kappa shape index (κ1) is 14.5. The summed E-state index contributed by atoms with van der Waals surface area (Å²) < 4.78 is 7.66. The fraction of sp³-hybridized carbons (Fsp3) is 0.467. The van der Waals surface area contributed by atoms with Crippen LogP contribution in [0.25, 0.3) is 0 Å². The topological polar surface area (TPSA) is 52.0 Å². The van der Waals surface area contributed by atoms with Gasteiger partial charge >= 0.3 is 0 Å². The molecule has 1 N–H and O–H groups in total. The maximum absolute atomic E-state index is 5.72. The number of ether oxygens (including phenoxy) is 1. The second-order valence-corrected chi connectivity index (χ2v) is 4.83. The largest absolute Gasteiger partial charge is 0.486 e. The Hall–Kier alpha value is -1.88. The lowest BCUT2D eigenvalue weighted by atomic mass is 10.2. The molecule has 0 unspecified atom stereocenters. The second kappa shape index (κ2) is 7.05. The van der Waals surface area contributed by atoms with Crippen LogP contribution in [0.5, 0.6) is 5.75 Å². The van der Waals surface area contributed by atoms with Crippen molar-refractivity contribution in [2.75, 3.05) is 6.54 Å². The number of aromatic nitrogens is 3. The van der Waals surface area contributed by atoms with E-state index in [0.717, 1.165) is 36.9 Å². The molecule has 0 bridgehead atoms. The van der Waals surface area contributed by atoms with Gasteiger partial charge in [-0.25, -0.2) is 0 Å². The van der Waals surface area contributed by atoms with Gasteiger partial charge < -0.3 is 14.6 Å². The van der Waals surface area contributed by atoms with Crippen LogP contribution in [0.1, 0.15) is 30.6 Å². The van der Waals surface area contributed by atoms with E-state index < -0.39 is 0 Å². The Morgan fingerprint density at radius 1 is 1.20 bits per heavy atom. The summed E-state index contributed by atoms with van der Waals surface area (Å²) >= 11 is 0. The molecule has 0 saturated carbocycles. The highest BCUT2D eigenvalue weighted by molar-refractivity contribution is 5.27. The molecule has 20 heavy (non-hydrogen) atoms. The Bertz CT molecular complexity index is 533. The van der Waals surface area contributed by atoms with Gasteiger partial charge in [-0.05, 0) is 37.6 Å². The third-order valence-corrected chi connectivity index (χ3v) is 3.23. The number of rotatable bonds is 7. The third-order valence-electron chi connectivity index (χ3n) is 3.23. The van der Waals surface area contributed by atoms with E-state index in [9.17, 15) is 0 Å². The Labute approximate surface area is 120 Å². The summed E-state index contributed by atoms with van der Waals surface area (Å²) in [6, 6.07) is 8.15. The van der Waals surface area contributed by atoms with E-state index in [1.165, 1.54) is 5.56 Å². The van der Waals surface area contributed by atoms with Gasteiger partial charge in [0.1, 0.15) is 18.2 Å². The summed E-state index contributed by atoms with van der Waals surface area (Å²) in [6.45, 7) is 6.47. The van der Waals surface area contributed by atoms with Crippen LogP contribution in [-0.4, -0.2) is 21.3 Å². The van der Waals surface area contributed by atoms with Crippen molar-refractivity contribution in [1.82, 2.24) is 20.1 Å². The van der Waals surface area contributed by atoms with E-state index >= 15 is 0 Å². The molecular formula is C15H22N4O. The fourth-order valence-electron chi connectivity index (χ4n) is 1.84. The molecule has 2 rings (SSSR count). The molecule has 0 amide bonds. The predicted molar refractivity (Wildman–Crippen MR) is 78.5 cm³/mol. The minimum Gasteiger partial charge on any atom is -0.486 e. The third kappa shape index (κ3) is 3.81. The SMILES string of the molecule is CCCNCc1ccc(OCc2nnc(C)n2C)cc1. The lowest BCUT2D eigenvalue weighted by Gasteiger charge is -2.07. The van der Waals surface area contributed by atoms with E-state index in [1.54, 1.807) is 0 Å². The fourth-order valence-corrected chi connectivity index (χ4v) is 1.84. The van der Waals surface area contributed by atoms with E-state index in [4.69, 9.17) is 4.74 Å². The van der Waals surface area contributed by atoms with Crippen LogP contribution in [0.15, 0.2) is 24.3 Å². The average Bonchev–Trinajstić information content (AvgIpc) is 2.78. The van der Waals surface area contributed by atoms with Crippen LogP contribution in [0.4, 0.5) is 0 Å². The number of aryl methyl sites for hydroxylation is 1. The molecule has 1 aromatic heterocycles. The van der Waals surface area contributed by atoms with Gasteiger partial charge in [0, 0.05) is 13.6 Å². The molecular weight excluding hydrogens is 252 g/mol. The van der Waals surface area contributed by atoms with Crippen molar-refractivity contribution in [2.45, 2.75) is 33.4 Å². The van der Waals surface area contributed by atoms with Crippen LogP contribution < -0.4 is 10.1 Å². The van der Waals surface area contributed by atoms with Gasteiger partial charge in [0.15, 0.2) is 5.82 Å². The van der Waals surface area contributed by atoms with Gasteiger partial charge in [-0.1, -0.05) is 19.1 Å². The van der Waals surface area contributed by atoms with Crippen LogP contribution in [-0.2, 0) is 20.2 Å². The van der Waals surface area contributed by atoms with Crippen molar-refractivity contribution >= 4 is 0 Å². The van der Waals surface area contributed by atoms with E-state index in [-0.39, 0.29) is 0 Å². The van der Waals surface area contributed by atoms with Gasteiger partial charge in [-0.3, -0.25) is 0 Å². The number of nitrogens with zero attached hydrogens (tertiary/aromatic N) is 3. The molecule has 0 aliphatic carbocycles. The monoisotopic (exact) mass is 274 g/mol. The minimum absolute atomic E-state index is 0.435. The van der Waals surface area contributed by atoms with Crippen LogP contribution in [0.3, 0.4) is 0 Å². The van der Waals surface area contributed by atoms with Crippen LogP contribution >= 0.6 is 0 Å². The first-order valence-corrected chi connectivity index (χ1v) is 6.98. The predicted octanol–water partition coefficient (Wildman–Crippen LogP) is 2.20. The van der Waals surface area contributed by atoms with Crippen molar-refractivity contribution in [3.05, 3.63) is 41.5 Å². The van der Waals surface area contributed by atoms with Crippen molar-refractivity contribution < 1.29 is 4.74 Å². The number of hydrogen-bond acceptors (Lipinski definition) is 4. The Morgan fingerprint density at radius 2 is 1.95 bits per heavy atom. The van der Waals surface area contributed by atoms with Crippen molar-refractivity contribution in [1.29, 1.82) is 0 Å². The lowest BCUT2D eigenvalue weighted by Crippen LogP contribution is -2.13. The zero-order valence-corrected chi connectivity index (χ0v) is 12.4. The maximum atomic E-state index is 5.72. The van der Waals surface area contributed by atoms with E-state index in [0.29, 0.717) is 6.61 Å². The molecule has 0 fully saturated rings.